The first-order chi connectivity index (χ1) is 17.7. The number of ether oxygens (including phenoxy) is 1. The quantitative estimate of drug-likeness (QED) is 0.171. The molecule has 1 N–H and O–H groups in total. The molecule has 9 nitrogen and oxygen atoms in total. The third-order valence-electron chi connectivity index (χ3n) is 5.08. The van der Waals surface area contributed by atoms with Crippen LogP contribution in [0.2, 0.25) is 0 Å². The van der Waals surface area contributed by atoms with Crippen LogP contribution in [0.5, 0.6) is 5.75 Å². The number of rotatable bonds is 8. The molecule has 0 radical (unpaired) electrons. The summed E-state index contributed by atoms with van der Waals surface area (Å²) >= 11 is 7.68. The van der Waals surface area contributed by atoms with Gasteiger partial charge in [-0.2, -0.15) is 0 Å². The lowest BCUT2D eigenvalue weighted by Crippen LogP contribution is -2.36. The maximum absolute atomic E-state index is 12.8. The normalized spacial score (nSPS) is 14.2. The van der Waals surface area contributed by atoms with Gasteiger partial charge in [-0.05, 0) is 97.2 Å². The van der Waals surface area contributed by atoms with E-state index in [1.165, 1.54) is 12.1 Å². The zero-order valence-electron chi connectivity index (χ0n) is 18.9. The summed E-state index contributed by atoms with van der Waals surface area (Å²) < 4.78 is 7.05. The summed E-state index contributed by atoms with van der Waals surface area (Å²) in [6.07, 6.45) is 1.57. The summed E-state index contributed by atoms with van der Waals surface area (Å²) in [5.74, 6) is -0.528. The first-order valence-electron chi connectivity index (χ1n) is 10.7. The summed E-state index contributed by atoms with van der Waals surface area (Å²) in [6, 6.07) is 18.3. The number of nitro groups is 1. The molecule has 188 valence electrons. The smallest absolute Gasteiger partial charge is 0.294 e. The molecule has 1 aliphatic heterocycles. The van der Waals surface area contributed by atoms with Crippen molar-refractivity contribution in [3.63, 3.8) is 0 Å². The van der Waals surface area contributed by atoms with E-state index in [-0.39, 0.29) is 23.7 Å². The molecule has 3 amide bonds. The number of anilines is 1. The number of hydrogen-bond acceptors (Lipinski definition) is 7. The lowest BCUT2D eigenvalue weighted by atomic mass is 10.2. The highest BCUT2D eigenvalue weighted by Gasteiger charge is 2.36. The Labute approximate surface area is 232 Å². The van der Waals surface area contributed by atoms with E-state index in [9.17, 15) is 24.5 Å². The molecule has 0 spiro atoms. The van der Waals surface area contributed by atoms with Gasteiger partial charge in [0.1, 0.15) is 18.9 Å². The molecule has 1 aliphatic rings. The third-order valence-corrected chi connectivity index (χ3v) is 7.17. The van der Waals surface area contributed by atoms with Crippen LogP contribution in [-0.2, 0) is 16.2 Å². The van der Waals surface area contributed by atoms with Gasteiger partial charge >= 0.3 is 0 Å². The van der Waals surface area contributed by atoms with Gasteiger partial charge in [0.15, 0.2) is 0 Å². The predicted octanol–water partition coefficient (Wildman–Crippen LogP) is 6.37. The molecular formula is C25H17Br2N3O6S. The van der Waals surface area contributed by atoms with E-state index < -0.39 is 22.0 Å². The summed E-state index contributed by atoms with van der Waals surface area (Å²) in [7, 11) is 0. The van der Waals surface area contributed by atoms with Gasteiger partial charge in [-0.1, -0.05) is 18.2 Å². The monoisotopic (exact) mass is 645 g/mol. The molecule has 3 aromatic rings. The molecule has 37 heavy (non-hydrogen) atoms. The zero-order valence-corrected chi connectivity index (χ0v) is 22.8. The molecule has 0 aromatic heterocycles. The van der Waals surface area contributed by atoms with Gasteiger partial charge in [0.05, 0.1) is 18.8 Å². The minimum atomic E-state index is -0.552. The number of nitro benzene ring substituents is 1. The van der Waals surface area contributed by atoms with E-state index in [1.807, 2.05) is 6.07 Å². The fraction of sp³-hybridized carbons (Fsp3) is 0.0800. The average Bonchev–Trinajstić information content (AvgIpc) is 3.11. The predicted molar refractivity (Wildman–Crippen MR) is 147 cm³/mol. The molecule has 0 saturated carbocycles. The molecule has 3 aromatic carbocycles. The second-order valence-electron chi connectivity index (χ2n) is 7.71. The summed E-state index contributed by atoms with van der Waals surface area (Å²) in [5, 5.41) is 12.9. The van der Waals surface area contributed by atoms with Crippen LogP contribution in [0.25, 0.3) is 6.08 Å². The van der Waals surface area contributed by atoms with Crippen molar-refractivity contribution in [3.8, 4) is 5.75 Å². The van der Waals surface area contributed by atoms with E-state index in [0.717, 1.165) is 22.2 Å². The number of nitrogens with zero attached hydrogens (tertiary/aromatic N) is 2. The van der Waals surface area contributed by atoms with Crippen LogP contribution in [0.1, 0.15) is 11.1 Å². The fourth-order valence-corrected chi connectivity index (χ4v) is 5.61. The van der Waals surface area contributed by atoms with Crippen LogP contribution < -0.4 is 10.1 Å². The Bertz CT molecular complexity index is 1390. The van der Waals surface area contributed by atoms with Gasteiger partial charge in [-0.25, -0.2) is 0 Å². The van der Waals surface area contributed by atoms with Crippen molar-refractivity contribution in [1.29, 1.82) is 0 Å². The minimum absolute atomic E-state index is 0.00305. The van der Waals surface area contributed by atoms with Crippen LogP contribution in [0.3, 0.4) is 0 Å². The topological polar surface area (TPSA) is 119 Å². The fourth-order valence-electron chi connectivity index (χ4n) is 3.32. The van der Waals surface area contributed by atoms with Crippen molar-refractivity contribution in [2.75, 3.05) is 11.9 Å². The Kier molecular flexibility index (Phi) is 8.41. The number of thioether (sulfide) groups is 1. The second kappa shape index (κ2) is 11.7. The summed E-state index contributed by atoms with van der Waals surface area (Å²) in [5.41, 5.74) is 1.94. The van der Waals surface area contributed by atoms with E-state index in [1.54, 1.807) is 54.6 Å². The number of amides is 3. The Morgan fingerprint density at radius 3 is 2.32 bits per heavy atom. The van der Waals surface area contributed by atoms with Crippen LogP contribution >= 0.6 is 43.6 Å². The van der Waals surface area contributed by atoms with E-state index in [0.29, 0.717) is 25.9 Å². The summed E-state index contributed by atoms with van der Waals surface area (Å²) in [4.78, 5) is 49.0. The molecule has 0 unspecified atom stereocenters. The third kappa shape index (κ3) is 6.64. The van der Waals surface area contributed by atoms with Crippen molar-refractivity contribution in [2.45, 2.75) is 6.61 Å². The van der Waals surface area contributed by atoms with Gasteiger partial charge < -0.3 is 10.1 Å². The summed E-state index contributed by atoms with van der Waals surface area (Å²) in [6.45, 7) is -0.210. The number of carbonyl (C=O) groups excluding carboxylic acids is 3. The van der Waals surface area contributed by atoms with E-state index >= 15 is 0 Å². The van der Waals surface area contributed by atoms with Gasteiger partial charge in [-0.15, -0.1) is 0 Å². The number of imide groups is 1. The number of non-ortho nitro benzene ring substituents is 1. The second-order valence-corrected chi connectivity index (χ2v) is 10.4. The lowest BCUT2D eigenvalue weighted by molar-refractivity contribution is -0.384. The van der Waals surface area contributed by atoms with Crippen molar-refractivity contribution in [3.05, 3.63) is 102 Å². The number of para-hydroxylation sites is 1. The lowest BCUT2D eigenvalue weighted by Gasteiger charge is -2.12. The Hall–Kier alpha value is -3.48. The molecule has 1 saturated heterocycles. The first kappa shape index (κ1) is 26.6. The molecule has 0 atom stereocenters. The van der Waals surface area contributed by atoms with Crippen molar-refractivity contribution < 1.29 is 24.0 Å². The van der Waals surface area contributed by atoms with Gasteiger partial charge in [0.25, 0.3) is 16.8 Å². The Balaban J connectivity index is 1.42. The van der Waals surface area contributed by atoms with Crippen LogP contribution in [0, 0.1) is 10.1 Å². The number of halogens is 2. The van der Waals surface area contributed by atoms with Crippen LogP contribution in [0.15, 0.2) is 80.6 Å². The average molecular weight is 647 g/mol. The number of nitrogens with one attached hydrogen (secondary N) is 1. The SMILES string of the molecule is O=C(CN1C(=O)S/C(=C\c2cc(Br)c(OCc3ccc([N+](=O)[O-])cc3)c(Br)c2)C1=O)Nc1ccccc1. The molecule has 1 heterocycles. The largest absolute Gasteiger partial charge is 0.487 e. The first-order valence-corrected chi connectivity index (χ1v) is 13.1. The maximum atomic E-state index is 12.8. The minimum Gasteiger partial charge on any atom is -0.487 e. The van der Waals surface area contributed by atoms with Crippen LogP contribution in [-0.4, -0.2) is 33.4 Å². The van der Waals surface area contributed by atoms with Gasteiger partial charge in [0.2, 0.25) is 5.91 Å². The molecule has 4 rings (SSSR count). The van der Waals surface area contributed by atoms with E-state index in [4.69, 9.17) is 4.74 Å². The number of hydrogen-bond donors (Lipinski definition) is 1. The molecule has 0 aliphatic carbocycles. The molecule has 0 bridgehead atoms. The van der Waals surface area contributed by atoms with E-state index in [2.05, 4.69) is 37.2 Å². The van der Waals surface area contributed by atoms with Crippen molar-refractivity contribution >= 4 is 78.1 Å². The highest BCUT2D eigenvalue weighted by molar-refractivity contribution is 9.11. The number of benzene rings is 3. The molecule has 12 heteroatoms. The highest BCUT2D eigenvalue weighted by atomic mass is 79.9. The zero-order chi connectivity index (χ0) is 26.5. The number of carbonyl (C=O) groups is 3. The van der Waals surface area contributed by atoms with Crippen molar-refractivity contribution in [1.82, 2.24) is 4.90 Å². The van der Waals surface area contributed by atoms with Gasteiger partial charge in [0, 0.05) is 17.8 Å². The highest BCUT2D eigenvalue weighted by Crippen LogP contribution is 2.38. The Morgan fingerprint density at radius 2 is 1.70 bits per heavy atom. The van der Waals surface area contributed by atoms with Crippen LogP contribution in [0.4, 0.5) is 16.2 Å². The standard InChI is InChI=1S/C25H17Br2N3O6S/c26-19-10-16(11-20(27)23(19)36-14-15-6-8-18(9-7-15)30(34)35)12-21-24(32)29(25(33)37-21)13-22(31)28-17-4-2-1-3-5-17/h1-12H,13-14H2,(H,28,31)/b21-12-. The molecular weight excluding hydrogens is 630 g/mol. The van der Waals surface area contributed by atoms with Crippen molar-refractivity contribution in [2.24, 2.45) is 0 Å². The Morgan fingerprint density at radius 1 is 1.05 bits per heavy atom. The maximum Gasteiger partial charge on any atom is 0.294 e. The van der Waals surface area contributed by atoms with Gasteiger partial charge in [-0.3, -0.25) is 29.4 Å². The molecule has 1 fully saturated rings.